The van der Waals surface area contributed by atoms with Crippen LogP contribution in [0.4, 0.5) is 0 Å². The van der Waals surface area contributed by atoms with Crippen LogP contribution in [-0.4, -0.2) is 55.6 Å². The molecule has 0 saturated carbocycles. The molecule has 0 amide bonds. The normalized spacial score (nSPS) is 42.0. The summed E-state index contributed by atoms with van der Waals surface area (Å²) in [4.78, 5) is 0. The first-order valence-electron chi connectivity index (χ1n) is 3.74. The minimum atomic E-state index is -0.991. The van der Waals surface area contributed by atoms with Crippen LogP contribution in [0.15, 0.2) is 0 Å². The standard InChI is InChI=1S/C7H14O5/c1-10-3-4-5(8)6(9)7(11-2)12-4/h4-9H,3H2,1-2H3/t4?,5-,6-,7+/m0/s1. The summed E-state index contributed by atoms with van der Waals surface area (Å²) in [6.45, 7) is 0.248. The Labute approximate surface area is 70.9 Å². The van der Waals surface area contributed by atoms with E-state index in [2.05, 4.69) is 0 Å². The van der Waals surface area contributed by atoms with E-state index in [0.717, 1.165) is 0 Å². The van der Waals surface area contributed by atoms with E-state index in [1.165, 1.54) is 14.2 Å². The van der Waals surface area contributed by atoms with Gasteiger partial charge >= 0.3 is 0 Å². The van der Waals surface area contributed by atoms with Gasteiger partial charge in [-0.2, -0.15) is 0 Å². The van der Waals surface area contributed by atoms with Crippen LogP contribution in [0.25, 0.3) is 0 Å². The summed E-state index contributed by atoms with van der Waals surface area (Å²) in [5.74, 6) is 0. The van der Waals surface area contributed by atoms with E-state index in [0.29, 0.717) is 0 Å². The van der Waals surface area contributed by atoms with Gasteiger partial charge in [0.15, 0.2) is 6.29 Å². The molecule has 1 aliphatic heterocycles. The molecule has 0 bridgehead atoms. The van der Waals surface area contributed by atoms with Crippen molar-refractivity contribution < 1.29 is 24.4 Å². The lowest BCUT2D eigenvalue weighted by Gasteiger charge is -2.11. The van der Waals surface area contributed by atoms with E-state index in [1.54, 1.807) is 0 Å². The van der Waals surface area contributed by atoms with Crippen molar-refractivity contribution in [1.29, 1.82) is 0 Å². The summed E-state index contributed by atoms with van der Waals surface area (Å²) in [6, 6.07) is 0. The molecule has 1 heterocycles. The molecule has 1 fully saturated rings. The Hall–Kier alpha value is -0.200. The van der Waals surface area contributed by atoms with Crippen molar-refractivity contribution in [2.45, 2.75) is 24.6 Å². The summed E-state index contributed by atoms with van der Waals surface area (Å²) < 4.78 is 14.7. The van der Waals surface area contributed by atoms with E-state index in [4.69, 9.17) is 14.2 Å². The molecule has 1 aliphatic rings. The van der Waals surface area contributed by atoms with Crippen molar-refractivity contribution in [2.75, 3.05) is 20.8 Å². The van der Waals surface area contributed by atoms with Crippen LogP contribution in [0.3, 0.4) is 0 Å². The van der Waals surface area contributed by atoms with Crippen LogP contribution in [0, 0.1) is 0 Å². The number of aliphatic hydroxyl groups excluding tert-OH is 2. The second-order valence-electron chi connectivity index (χ2n) is 2.72. The zero-order valence-corrected chi connectivity index (χ0v) is 7.14. The van der Waals surface area contributed by atoms with Crippen LogP contribution in [0.2, 0.25) is 0 Å². The van der Waals surface area contributed by atoms with Crippen LogP contribution in [-0.2, 0) is 14.2 Å². The highest BCUT2D eigenvalue weighted by molar-refractivity contribution is 4.86. The Morgan fingerprint density at radius 3 is 2.33 bits per heavy atom. The number of methoxy groups -OCH3 is 2. The molecule has 0 aromatic heterocycles. The van der Waals surface area contributed by atoms with Crippen LogP contribution in [0.1, 0.15) is 0 Å². The quantitative estimate of drug-likeness (QED) is 0.563. The van der Waals surface area contributed by atoms with E-state index in [1.807, 2.05) is 0 Å². The van der Waals surface area contributed by atoms with Gasteiger partial charge in [0.25, 0.3) is 0 Å². The monoisotopic (exact) mass is 178 g/mol. The second-order valence-corrected chi connectivity index (χ2v) is 2.72. The maximum absolute atomic E-state index is 9.36. The Bertz CT molecular complexity index is 140. The first-order chi connectivity index (χ1) is 5.70. The molecule has 0 aromatic carbocycles. The van der Waals surface area contributed by atoms with Crippen molar-refractivity contribution in [3.63, 3.8) is 0 Å². The van der Waals surface area contributed by atoms with Crippen molar-refractivity contribution >= 4 is 0 Å². The van der Waals surface area contributed by atoms with Gasteiger partial charge < -0.3 is 24.4 Å². The number of hydrogen-bond acceptors (Lipinski definition) is 5. The lowest BCUT2D eigenvalue weighted by molar-refractivity contribution is -0.154. The third-order valence-electron chi connectivity index (χ3n) is 1.88. The topological polar surface area (TPSA) is 68.2 Å². The average molecular weight is 178 g/mol. The average Bonchev–Trinajstić information content (AvgIpc) is 2.33. The largest absolute Gasteiger partial charge is 0.387 e. The van der Waals surface area contributed by atoms with Crippen LogP contribution >= 0.6 is 0 Å². The molecule has 4 atom stereocenters. The molecule has 2 N–H and O–H groups in total. The Kier molecular flexibility index (Phi) is 3.42. The van der Waals surface area contributed by atoms with Crippen LogP contribution < -0.4 is 0 Å². The smallest absolute Gasteiger partial charge is 0.186 e. The molecule has 12 heavy (non-hydrogen) atoms. The molecule has 1 saturated heterocycles. The van der Waals surface area contributed by atoms with Gasteiger partial charge in [-0.1, -0.05) is 0 Å². The van der Waals surface area contributed by atoms with Gasteiger partial charge in [-0.3, -0.25) is 0 Å². The molecular formula is C7H14O5. The summed E-state index contributed by atoms with van der Waals surface area (Å²) >= 11 is 0. The van der Waals surface area contributed by atoms with Crippen molar-refractivity contribution in [3.05, 3.63) is 0 Å². The molecule has 0 aromatic rings. The molecule has 0 radical (unpaired) electrons. The number of aliphatic hydroxyl groups is 2. The Morgan fingerprint density at radius 2 is 1.92 bits per heavy atom. The van der Waals surface area contributed by atoms with E-state index in [-0.39, 0.29) is 6.61 Å². The zero-order valence-electron chi connectivity index (χ0n) is 7.14. The van der Waals surface area contributed by atoms with E-state index in [9.17, 15) is 10.2 Å². The third kappa shape index (κ3) is 1.75. The molecule has 1 unspecified atom stereocenters. The van der Waals surface area contributed by atoms with E-state index < -0.39 is 24.6 Å². The van der Waals surface area contributed by atoms with Gasteiger partial charge in [0, 0.05) is 14.2 Å². The third-order valence-corrected chi connectivity index (χ3v) is 1.88. The lowest BCUT2D eigenvalue weighted by Crippen LogP contribution is -2.34. The highest BCUT2D eigenvalue weighted by Gasteiger charge is 2.42. The SMILES string of the molecule is COCC1O[C@@H](OC)[C@@H](O)[C@H]1O. The number of hydrogen-bond donors (Lipinski definition) is 2. The minimum Gasteiger partial charge on any atom is -0.387 e. The summed E-state index contributed by atoms with van der Waals surface area (Å²) in [6.07, 6.45) is -3.18. The predicted molar refractivity (Wildman–Crippen MR) is 39.6 cm³/mol. The highest BCUT2D eigenvalue weighted by Crippen LogP contribution is 2.21. The second kappa shape index (κ2) is 4.15. The number of rotatable bonds is 3. The molecule has 0 spiro atoms. The maximum atomic E-state index is 9.36. The van der Waals surface area contributed by atoms with Gasteiger partial charge in [-0.05, 0) is 0 Å². The Morgan fingerprint density at radius 1 is 1.25 bits per heavy atom. The van der Waals surface area contributed by atoms with E-state index >= 15 is 0 Å². The van der Waals surface area contributed by atoms with Gasteiger partial charge in [0.1, 0.15) is 18.3 Å². The maximum Gasteiger partial charge on any atom is 0.186 e. The Balaban J connectivity index is 2.48. The molecule has 0 aliphatic carbocycles. The van der Waals surface area contributed by atoms with Gasteiger partial charge in [-0.25, -0.2) is 0 Å². The first-order valence-corrected chi connectivity index (χ1v) is 3.74. The van der Waals surface area contributed by atoms with Crippen molar-refractivity contribution in [2.24, 2.45) is 0 Å². The molecule has 5 heteroatoms. The fourth-order valence-electron chi connectivity index (χ4n) is 1.21. The predicted octanol–water partition coefficient (Wildman–Crippen LogP) is -1.27. The highest BCUT2D eigenvalue weighted by atomic mass is 16.7. The van der Waals surface area contributed by atoms with Gasteiger partial charge in [0.05, 0.1) is 6.61 Å². The molecular weight excluding hydrogens is 164 g/mol. The lowest BCUT2D eigenvalue weighted by atomic mass is 10.1. The molecule has 72 valence electrons. The minimum absolute atomic E-state index is 0.248. The zero-order chi connectivity index (χ0) is 9.14. The van der Waals surface area contributed by atoms with Gasteiger partial charge in [-0.15, -0.1) is 0 Å². The summed E-state index contributed by atoms with van der Waals surface area (Å²) in [5, 5.41) is 18.7. The number of ether oxygens (including phenoxy) is 3. The van der Waals surface area contributed by atoms with Crippen molar-refractivity contribution in [3.8, 4) is 0 Å². The van der Waals surface area contributed by atoms with Crippen LogP contribution in [0.5, 0.6) is 0 Å². The molecule has 1 rings (SSSR count). The van der Waals surface area contributed by atoms with Crippen molar-refractivity contribution in [1.82, 2.24) is 0 Å². The fraction of sp³-hybridized carbons (Fsp3) is 1.00. The van der Waals surface area contributed by atoms with Gasteiger partial charge in [0.2, 0.25) is 0 Å². The fourth-order valence-corrected chi connectivity index (χ4v) is 1.21. The molecule has 5 nitrogen and oxygen atoms in total. The summed E-state index contributed by atoms with van der Waals surface area (Å²) in [5.41, 5.74) is 0. The summed E-state index contributed by atoms with van der Waals surface area (Å²) in [7, 11) is 2.92. The first kappa shape index (κ1) is 9.88.